The zero-order valence-corrected chi connectivity index (χ0v) is 8.53. The van der Waals surface area contributed by atoms with E-state index in [2.05, 4.69) is 29.3 Å². The van der Waals surface area contributed by atoms with Gasteiger partial charge in [-0.3, -0.25) is 5.10 Å². The lowest BCUT2D eigenvalue weighted by molar-refractivity contribution is 0.254. The standard InChI is InChI=1S/C12H12N2O/c1-8-4-10-5-9(2-3-12(10)15-8)11-6-13-14-7-11/h2-3,5-8H,4H2,1H3,(H,13,14). The molecule has 3 rings (SSSR count). The Morgan fingerprint density at radius 1 is 1.40 bits per heavy atom. The summed E-state index contributed by atoms with van der Waals surface area (Å²) in [5, 5.41) is 6.77. The summed E-state index contributed by atoms with van der Waals surface area (Å²) in [6.07, 6.45) is 5.04. The summed E-state index contributed by atoms with van der Waals surface area (Å²) < 4.78 is 5.66. The van der Waals surface area contributed by atoms with Crippen molar-refractivity contribution < 1.29 is 4.74 Å². The second-order valence-electron chi connectivity index (χ2n) is 3.94. The van der Waals surface area contributed by atoms with Crippen molar-refractivity contribution in [2.75, 3.05) is 0 Å². The summed E-state index contributed by atoms with van der Waals surface area (Å²) in [7, 11) is 0. The van der Waals surface area contributed by atoms with Crippen LogP contribution in [0, 0.1) is 0 Å². The van der Waals surface area contributed by atoms with E-state index in [9.17, 15) is 0 Å². The monoisotopic (exact) mass is 200 g/mol. The number of benzene rings is 1. The maximum absolute atomic E-state index is 5.66. The molecule has 1 aliphatic heterocycles. The lowest BCUT2D eigenvalue weighted by Gasteiger charge is -2.02. The topological polar surface area (TPSA) is 37.9 Å². The number of nitrogens with zero attached hydrogens (tertiary/aromatic N) is 1. The third kappa shape index (κ3) is 1.40. The predicted molar refractivity (Wildman–Crippen MR) is 57.8 cm³/mol. The number of H-pyrrole nitrogens is 1. The second-order valence-corrected chi connectivity index (χ2v) is 3.94. The first-order valence-electron chi connectivity index (χ1n) is 5.11. The summed E-state index contributed by atoms with van der Waals surface area (Å²) >= 11 is 0. The first-order valence-corrected chi connectivity index (χ1v) is 5.11. The van der Waals surface area contributed by atoms with Crippen molar-refractivity contribution in [3.63, 3.8) is 0 Å². The fourth-order valence-electron chi connectivity index (χ4n) is 2.01. The summed E-state index contributed by atoms with van der Waals surface area (Å²) in [6.45, 7) is 2.09. The van der Waals surface area contributed by atoms with Gasteiger partial charge in [0, 0.05) is 18.2 Å². The van der Waals surface area contributed by atoms with Crippen LogP contribution in [0.1, 0.15) is 12.5 Å². The number of hydrogen-bond donors (Lipinski definition) is 1. The minimum Gasteiger partial charge on any atom is -0.490 e. The molecule has 1 aromatic heterocycles. The quantitative estimate of drug-likeness (QED) is 0.767. The van der Waals surface area contributed by atoms with E-state index >= 15 is 0 Å². The molecule has 2 heterocycles. The molecule has 1 atom stereocenters. The minimum atomic E-state index is 0.305. The number of fused-ring (bicyclic) bond motifs is 1. The summed E-state index contributed by atoms with van der Waals surface area (Å²) in [5.41, 5.74) is 3.61. The largest absolute Gasteiger partial charge is 0.490 e. The lowest BCUT2D eigenvalue weighted by atomic mass is 10.0. The molecule has 0 aliphatic carbocycles. The van der Waals surface area contributed by atoms with E-state index in [1.54, 1.807) is 0 Å². The second kappa shape index (κ2) is 3.12. The Bertz CT molecular complexity index is 476. The number of aromatic amines is 1. The first kappa shape index (κ1) is 8.53. The van der Waals surface area contributed by atoms with Crippen LogP contribution in [-0.4, -0.2) is 16.3 Å². The van der Waals surface area contributed by atoms with Gasteiger partial charge in [-0.05, 0) is 30.2 Å². The van der Waals surface area contributed by atoms with Crippen molar-refractivity contribution in [3.8, 4) is 16.9 Å². The highest BCUT2D eigenvalue weighted by Gasteiger charge is 2.19. The van der Waals surface area contributed by atoms with Crippen molar-refractivity contribution in [2.45, 2.75) is 19.4 Å². The van der Waals surface area contributed by atoms with E-state index in [1.807, 2.05) is 18.5 Å². The fraction of sp³-hybridized carbons (Fsp3) is 0.250. The highest BCUT2D eigenvalue weighted by atomic mass is 16.5. The molecule has 0 saturated carbocycles. The number of nitrogens with one attached hydrogen (secondary N) is 1. The number of rotatable bonds is 1. The molecule has 0 radical (unpaired) electrons. The average molecular weight is 200 g/mol. The van der Waals surface area contributed by atoms with Gasteiger partial charge >= 0.3 is 0 Å². The normalized spacial score (nSPS) is 18.6. The minimum absolute atomic E-state index is 0.305. The fourth-order valence-corrected chi connectivity index (χ4v) is 2.01. The van der Waals surface area contributed by atoms with Gasteiger partial charge in [-0.2, -0.15) is 5.10 Å². The van der Waals surface area contributed by atoms with Gasteiger partial charge in [0.1, 0.15) is 11.9 Å². The number of hydrogen-bond acceptors (Lipinski definition) is 2. The molecule has 0 spiro atoms. The van der Waals surface area contributed by atoms with Crippen LogP contribution in [0.2, 0.25) is 0 Å². The van der Waals surface area contributed by atoms with E-state index in [0.717, 1.165) is 17.7 Å². The molecule has 0 amide bonds. The van der Waals surface area contributed by atoms with Gasteiger partial charge < -0.3 is 4.74 Å². The number of aromatic nitrogens is 2. The van der Waals surface area contributed by atoms with E-state index in [0.29, 0.717) is 6.10 Å². The van der Waals surface area contributed by atoms with Crippen LogP contribution in [0.15, 0.2) is 30.6 Å². The van der Waals surface area contributed by atoms with Crippen LogP contribution in [0.25, 0.3) is 11.1 Å². The highest BCUT2D eigenvalue weighted by molar-refractivity contribution is 5.64. The molecule has 1 unspecified atom stereocenters. The van der Waals surface area contributed by atoms with Crippen molar-refractivity contribution in [3.05, 3.63) is 36.2 Å². The van der Waals surface area contributed by atoms with Gasteiger partial charge in [0.05, 0.1) is 6.20 Å². The van der Waals surface area contributed by atoms with E-state index in [1.165, 1.54) is 11.1 Å². The van der Waals surface area contributed by atoms with Crippen molar-refractivity contribution >= 4 is 0 Å². The molecule has 0 fully saturated rings. The third-order valence-corrected chi connectivity index (χ3v) is 2.73. The van der Waals surface area contributed by atoms with Gasteiger partial charge in [0.15, 0.2) is 0 Å². The SMILES string of the molecule is CC1Cc2cc(-c3cn[nH]c3)ccc2O1. The summed E-state index contributed by atoms with van der Waals surface area (Å²) in [5.74, 6) is 1.02. The van der Waals surface area contributed by atoms with Crippen LogP contribution < -0.4 is 4.74 Å². The van der Waals surface area contributed by atoms with E-state index < -0.39 is 0 Å². The van der Waals surface area contributed by atoms with Gasteiger partial charge in [0.2, 0.25) is 0 Å². The predicted octanol–water partition coefficient (Wildman–Crippen LogP) is 2.40. The Hall–Kier alpha value is -1.77. The van der Waals surface area contributed by atoms with Crippen LogP contribution >= 0.6 is 0 Å². The number of ether oxygens (including phenoxy) is 1. The molecule has 15 heavy (non-hydrogen) atoms. The molecule has 1 aromatic carbocycles. The Morgan fingerprint density at radius 3 is 3.13 bits per heavy atom. The van der Waals surface area contributed by atoms with Crippen molar-refractivity contribution in [2.24, 2.45) is 0 Å². The van der Waals surface area contributed by atoms with Crippen LogP contribution in [0.5, 0.6) is 5.75 Å². The van der Waals surface area contributed by atoms with Crippen LogP contribution in [-0.2, 0) is 6.42 Å². The molecular weight excluding hydrogens is 188 g/mol. The summed E-state index contributed by atoms with van der Waals surface area (Å²) in [6, 6.07) is 6.30. The molecule has 2 aromatic rings. The molecule has 1 aliphatic rings. The highest BCUT2D eigenvalue weighted by Crippen LogP contribution is 2.32. The van der Waals surface area contributed by atoms with Crippen molar-refractivity contribution in [1.82, 2.24) is 10.2 Å². The smallest absolute Gasteiger partial charge is 0.123 e. The van der Waals surface area contributed by atoms with E-state index in [-0.39, 0.29) is 0 Å². The first-order chi connectivity index (χ1) is 7.33. The van der Waals surface area contributed by atoms with Crippen LogP contribution in [0.4, 0.5) is 0 Å². The maximum atomic E-state index is 5.66. The zero-order chi connectivity index (χ0) is 10.3. The van der Waals surface area contributed by atoms with Gasteiger partial charge in [-0.25, -0.2) is 0 Å². The Morgan fingerprint density at radius 2 is 2.33 bits per heavy atom. The lowest BCUT2D eigenvalue weighted by Crippen LogP contribution is -2.05. The molecule has 1 N–H and O–H groups in total. The summed E-state index contributed by atoms with van der Waals surface area (Å²) in [4.78, 5) is 0. The van der Waals surface area contributed by atoms with Gasteiger partial charge in [-0.1, -0.05) is 6.07 Å². The van der Waals surface area contributed by atoms with Gasteiger partial charge in [0.25, 0.3) is 0 Å². The maximum Gasteiger partial charge on any atom is 0.123 e. The molecule has 0 bridgehead atoms. The average Bonchev–Trinajstić information content (AvgIpc) is 2.82. The zero-order valence-electron chi connectivity index (χ0n) is 8.53. The Balaban J connectivity index is 2.04. The molecule has 3 heteroatoms. The van der Waals surface area contributed by atoms with Crippen molar-refractivity contribution in [1.29, 1.82) is 0 Å². The Kier molecular flexibility index (Phi) is 1.78. The third-order valence-electron chi connectivity index (χ3n) is 2.73. The van der Waals surface area contributed by atoms with Crippen LogP contribution in [0.3, 0.4) is 0 Å². The molecular formula is C12H12N2O. The van der Waals surface area contributed by atoms with Gasteiger partial charge in [-0.15, -0.1) is 0 Å². The van der Waals surface area contributed by atoms with E-state index in [4.69, 9.17) is 4.74 Å². The molecule has 3 nitrogen and oxygen atoms in total. The molecule has 76 valence electrons. The molecule has 0 saturated heterocycles. The Labute approximate surface area is 88.1 Å².